The molecule has 1 amide bonds. The number of carbonyl (C=O) groups excluding carboxylic acids is 1. The molecule has 0 aliphatic carbocycles. The molecule has 1 aliphatic heterocycles. The van der Waals surface area contributed by atoms with Gasteiger partial charge in [-0.1, -0.05) is 18.2 Å². The number of rotatable bonds is 4. The molecule has 1 aromatic rings. The Bertz CT molecular complexity index is 517. The average Bonchev–Trinajstić information content (AvgIpc) is 2.47. The molecule has 128 valence electrons. The predicted molar refractivity (Wildman–Crippen MR) is 93.7 cm³/mol. The zero-order valence-electron chi connectivity index (χ0n) is 14.7. The first-order valence-electron chi connectivity index (χ1n) is 8.33. The lowest BCUT2D eigenvalue weighted by Gasteiger charge is -2.30. The zero-order valence-corrected chi connectivity index (χ0v) is 14.7. The molecule has 2 rings (SSSR count). The van der Waals surface area contributed by atoms with Gasteiger partial charge in [0.05, 0.1) is 0 Å². The number of para-hydroxylation sites is 1. The van der Waals surface area contributed by atoms with Crippen LogP contribution in [-0.2, 0) is 11.3 Å². The Kier molecular flexibility index (Phi) is 5.88. The van der Waals surface area contributed by atoms with Gasteiger partial charge in [0.25, 0.3) is 0 Å². The summed E-state index contributed by atoms with van der Waals surface area (Å²) in [4.78, 5) is 14.2. The first kappa shape index (κ1) is 17.6. The average molecular weight is 319 g/mol. The molecule has 0 unspecified atom stereocenters. The van der Waals surface area contributed by atoms with Gasteiger partial charge >= 0.3 is 6.09 Å². The standard InChI is InChI=1S/C18H29N3O2/c1-18(2,3)23-17(22)19-13-14-7-5-6-8-16(14)20-15-9-11-21(4)12-10-15/h5-8,15,20H,9-13H2,1-4H3,(H,19,22). The Labute approximate surface area is 139 Å². The van der Waals surface area contributed by atoms with Crippen molar-refractivity contribution < 1.29 is 9.53 Å². The highest BCUT2D eigenvalue weighted by Crippen LogP contribution is 2.20. The maximum Gasteiger partial charge on any atom is 0.407 e. The van der Waals surface area contributed by atoms with Gasteiger partial charge in [-0.15, -0.1) is 0 Å². The molecule has 0 spiro atoms. The number of carbonyl (C=O) groups is 1. The third-order valence-corrected chi connectivity index (χ3v) is 3.92. The first-order valence-corrected chi connectivity index (χ1v) is 8.33. The molecular weight excluding hydrogens is 290 g/mol. The van der Waals surface area contributed by atoms with E-state index in [1.807, 2.05) is 39.0 Å². The van der Waals surface area contributed by atoms with E-state index in [1.165, 1.54) is 0 Å². The number of piperidine rings is 1. The summed E-state index contributed by atoms with van der Waals surface area (Å²) < 4.78 is 5.29. The third-order valence-electron chi connectivity index (χ3n) is 3.92. The van der Waals surface area contributed by atoms with Crippen LogP contribution in [0.1, 0.15) is 39.2 Å². The highest BCUT2D eigenvalue weighted by molar-refractivity contribution is 5.68. The quantitative estimate of drug-likeness (QED) is 0.895. The second-order valence-corrected chi connectivity index (χ2v) is 7.23. The first-order chi connectivity index (χ1) is 10.8. The molecule has 1 fully saturated rings. The molecular formula is C18H29N3O2. The van der Waals surface area contributed by atoms with Crippen molar-refractivity contribution in [1.82, 2.24) is 10.2 Å². The van der Waals surface area contributed by atoms with E-state index in [0.717, 1.165) is 37.2 Å². The van der Waals surface area contributed by atoms with Gasteiger partial charge in [0.1, 0.15) is 5.60 Å². The number of hydrogen-bond donors (Lipinski definition) is 2. The maximum atomic E-state index is 11.8. The zero-order chi connectivity index (χ0) is 16.9. The predicted octanol–water partition coefficient (Wildman–Crippen LogP) is 3.22. The summed E-state index contributed by atoms with van der Waals surface area (Å²) in [6.07, 6.45) is 1.90. The summed E-state index contributed by atoms with van der Waals surface area (Å²) in [5.74, 6) is 0. The number of ether oxygens (including phenoxy) is 1. The van der Waals surface area contributed by atoms with Crippen LogP contribution in [0.5, 0.6) is 0 Å². The van der Waals surface area contributed by atoms with E-state index >= 15 is 0 Å². The molecule has 23 heavy (non-hydrogen) atoms. The fraction of sp³-hybridized carbons (Fsp3) is 0.611. The van der Waals surface area contributed by atoms with E-state index in [-0.39, 0.29) is 6.09 Å². The topological polar surface area (TPSA) is 53.6 Å². The summed E-state index contributed by atoms with van der Waals surface area (Å²) in [6.45, 7) is 8.29. The maximum absolute atomic E-state index is 11.8. The van der Waals surface area contributed by atoms with Gasteiger partial charge < -0.3 is 20.3 Å². The smallest absolute Gasteiger partial charge is 0.407 e. The summed E-state index contributed by atoms with van der Waals surface area (Å²) in [5, 5.41) is 6.45. The second kappa shape index (κ2) is 7.68. The Morgan fingerprint density at radius 1 is 1.26 bits per heavy atom. The minimum Gasteiger partial charge on any atom is -0.444 e. The van der Waals surface area contributed by atoms with Crippen molar-refractivity contribution in [1.29, 1.82) is 0 Å². The fourth-order valence-corrected chi connectivity index (χ4v) is 2.67. The fourth-order valence-electron chi connectivity index (χ4n) is 2.67. The van der Waals surface area contributed by atoms with Crippen molar-refractivity contribution in [3.8, 4) is 0 Å². The lowest BCUT2D eigenvalue weighted by atomic mass is 10.0. The number of benzene rings is 1. The SMILES string of the molecule is CN1CCC(Nc2ccccc2CNC(=O)OC(C)(C)C)CC1. The van der Waals surface area contributed by atoms with Crippen molar-refractivity contribution in [2.45, 2.75) is 51.8 Å². The van der Waals surface area contributed by atoms with E-state index in [2.05, 4.69) is 28.6 Å². The monoisotopic (exact) mass is 319 g/mol. The molecule has 5 heteroatoms. The normalized spacial score (nSPS) is 16.9. The van der Waals surface area contributed by atoms with Gasteiger partial charge in [-0.3, -0.25) is 0 Å². The van der Waals surface area contributed by atoms with Crippen molar-refractivity contribution in [2.24, 2.45) is 0 Å². The Morgan fingerprint density at radius 3 is 2.57 bits per heavy atom. The van der Waals surface area contributed by atoms with Crippen LogP contribution in [-0.4, -0.2) is 42.8 Å². The van der Waals surface area contributed by atoms with Gasteiger partial charge in [0.2, 0.25) is 0 Å². The van der Waals surface area contributed by atoms with Crippen molar-refractivity contribution in [3.05, 3.63) is 29.8 Å². The lowest BCUT2D eigenvalue weighted by molar-refractivity contribution is 0.0523. The number of nitrogens with one attached hydrogen (secondary N) is 2. The van der Waals surface area contributed by atoms with Crippen LogP contribution in [0, 0.1) is 0 Å². The molecule has 0 saturated carbocycles. The number of anilines is 1. The summed E-state index contributed by atoms with van der Waals surface area (Å²) in [5.41, 5.74) is 1.70. The summed E-state index contributed by atoms with van der Waals surface area (Å²) in [6, 6.07) is 8.62. The largest absolute Gasteiger partial charge is 0.444 e. The van der Waals surface area contributed by atoms with Crippen LogP contribution in [0.3, 0.4) is 0 Å². The molecule has 0 radical (unpaired) electrons. The molecule has 1 heterocycles. The lowest BCUT2D eigenvalue weighted by Crippen LogP contribution is -2.37. The Hall–Kier alpha value is -1.75. The number of hydrogen-bond acceptors (Lipinski definition) is 4. The van der Waals surface area contributed by atoms with E-state index in [9.17, 15) is 4.79 Å². The van der Waals surface area contributed by atoms with Gasteiger partial charge in [-0.05, 0) is 65.4 Å². The second-order valence-electron chi connectivity index (χ2n) is 7.23. The molecule has 1 aliphatic rings. The molecule has 0 atom stereocenters. The van der Waals surface area contributed by atoms with Crippen LogP contribution >= 0.6 is 0 Å². The Morgan fingerprint density at radius 2 is 1.91 bits per heavy atom. The summed E-state index contributed by atoms with van der Waals surface area (Å²) in [7, 11) is 2.16. The minimum absolute atomic E-state index is 0.383. The highest BCUT2D eigenvalue weighted by Gasteiger charge is 2.18. The van der Waals surface area contributed by atoms with Gasteiger partial charge in [-0.2, -0.15) is 0 Å². The number of likely N-dealkylation sites (tertiary alicyclic amines) is 1. The molecule has 5 nitrogen and oxygen atoms in total. The van der Waals surface area contributed by atoms with Crippen LogP contribution in [0.15, 0.2) is 24.3 Å². The van der Waals surface area contributed by atoms with E-state index in [1.54, 1.807) is 0 Å². The van der Waals surface area contributed by atoms with E-state index in [4.69, 9.17) is 4.74 Å². The highest BCUT2D eigenvalue weighted by atomic mass is 16.6. The molecule has 1 saturated heterocycles. The Balaban J connectivity index is 1.91. The molecule has 0 bridgehead atoms. The minimum atomic E-state index is -0.476. The number of nitrogens with zero attached hydrogens (tertiary/aromatic N) is 1. The molecule has 2 N–H and O–H groups in total. The molecule has 0 aromatic heterocycles. The molecule has 1 aromatic carbocycles. The van der Waals surface area contributed by atoms with Crippen molar-refractivity contribution >= 4 is 11.8 Å². The third kappa shape index (κ3) is 6.10. The summed E-state index contributed by atoms with van der Waals surface area (Å²) >= 11 is 0. The number of amides is 1. The van der Waals surface area contributed by atoms with Gasteiger partial charge in [-0.25, -0.2) is 4.79 Å². The van der Waals surface area contributed by atoms with E-state index < -0.39 is 5.60 Å². The van der Waals surface area contributed by atoms with Gasteiger partial charge in [0, 0.05) is 18.3 Å². The van der Waals surface area contributed by atoms with Crippen LogP contribution in [0.25, 0.3) is 0 Å². The van der Waals surface area contributed by atoms with Crippen molar-refractivity contribution in [3.63, 3.8) is 0 Å². The van der Waals surface area contributed by atoms with Crippen molar-refractivity contribution in [2.75, 3.05) is 25.5 Å². The van der Waals surface area contributed by atoms with Gasteiger partial charge in [0.15, 0.2) is 0 Å². The number of alkyl carbamates (subject to hydrolysis) is 1. The van der Waals surface area contributed by atoms with Crippen LogP contribution < -0.4 is 10.6 Å². The van der Waals surface area contributed by atoms with Crippen LogP contribution in [0.2, 0.25) is 0 Å². The van der Waals surface area contributed by atoms with E-state index in [0.29, 0.717) is 12.6 Å². The van der Waals surface area contributed by atoms with Crippen LogP contribution in [0.4, 0.5) is 10.5 Å².